The summed E-state index contributed by atoms with van der Waals surface area (Å²) in [6, 6.07) is 8.79. The number of nitrogens with one attached hydrogen (secondary N) is 2. The van der Waals surface area contributed by atoms with Crippen LogP contribution in [0.2, 0.25) is 0 Å². The molecule has 1 aliphatic heterocycles. The van der Waals surface area contributed by atoms with E-state index in [4.69, 9.17) is 4.74 Å². The molecule has 2 unspecified atom stereocenters. The fourth-order valence-corrected chi connectivity index (χ4v) is 2.21. The van der Waals surface area contributed by atoms with Crippen LogP contribution in [0.25, 0.3) is 0 Å². The second-order valence-electron chi connectivity index (χ2n) is 4.73. The minimum absolute atomic E-state index is 0.0371. The molecule has 0 radical (unpaired) electrons. The van der Waals surface area contributed by atoms with Crippen LogP contribution in [0.4, 0.5) is 4.79 Å². The molecular formula is C14H20N2O3. The van der Waals surface area contributed by atoms with Crippen LogP contribution in [-0.4, -0.2) is 36.5 Å². The van der Waals surface area contributed by atoms with Gasteiger partial charge in [-0.1, -0.05) is 30.3 Å². The van der Waals surface area contributed by atoms with Gasteiger partial charge in [0.1, 0.15) is 0 Å². The van der Waals surface area contributed by atoms with Gasteiger partial charge in [0.15, 0.2) is 0 Å². The molecule has 0 spiro atoms. The lowest BCUT2D eigenvalue weighted by atomic mass is 10.1. The Hall–Kier alpha value is -1.59. The molecule has 2 amide bonds. The normalized spacial score (nSPS) is 23.9. The third-order valence-corrected chi connectivity index (χ3v) is 3.38. The van der Waals surface area contributed by atoms with E-state index in [-0.39, 0.29) is 30.8 Å². The highest BCUT2D eigenvalue weighted by Crippen LogP contribution is 2.14. The average Bonchev–Trinajstić information content (AvgIpc) is 2.82. The van der Waals surface area contributed by atoms with Crippen molar-refractivity contribution in [2.24, 2.45) is 0 Å². The highest BCUT2D eigenvalue weighted by molar-refractivity contribution is 5.74. The number of ether oxygens (including phenoxy) is 1. The Balaban J connectivity index is 1.89. The van der Waals surface area contributed by atoms with Crippen molar-refractivity contribution in [3.8, 4) is 0 Å². The number of carbonyl (C=O) groups excluding carboxylic acids is 1. The molecule has 0 aromatic heterocycles. The van der Waals surface area contributed by atoms with Crippen LogP contribution in [0, 0.1) is 0 Å². The van der Waals surface area contributed by atoms with Gasteiger partial charge in [-0.2, -0.15) is 0 Å². The molecule has 1 fully saturated rings. The second kappa shape index (κ2) is 6.54. The zero-order valence-electron chi connectivity index (χ0n) is 11.0. The van der Waals surface area contributed by atoms with Gasteiger partial charge in [0.25, 0.3) is 0 Å². The SMILES string of the molecule is CC1OCCC1NC(=O)N[C@H](CO)c1ccccc1. The van der Waals surface area contributed by atoms with Crippen molar-refractivity contribution in [2.45, 2.75) is 31.5 Å². The largest absolute Gasteiger partial charge is 0.394 e. The van der Waals surface area contributed by atoms with Crippen molar-refractivity contribution < 1.29 is 14.6 Å². The molecule has 19 heavy (non-hydrogen) atoms. The molecule has 0 bridgehead atoms. The average molecular weight is 264 g/mol. The van der Waals surface area contributed by atoms with E-state index in [9.17, 15) is 9.90 Å². The van der Waals surface area contributed by atoms with Crippen LogP contribution >= 0.6 is 0 Å². The van der Waals surface area contributed by atoms with Crippen LogP contribution in [0.1, 0.15) is 24.9 Å². The topological polar surface area (TPSA) is 70.6 Å². The number of aliphatic hydroxyl groups is 1. The van der Waals surface area contributed by atoms with Gasteiger partial charge in [0, 0.05) is 6.61 Å². The van der Waals surface area contributed by atoms with Crippen LogP contribution in [0.15, 0.2) is 30.3 Å². The summed E-state index contributed by atoms with van der Waals surface area (Å²) in [6.07, 6.45) is 0.860. The van der Waals surface area contributed by atoms with Crippen LogP contribution < -0.4 is 10.6 Å². The first-order chi connectivity index (χ1) is 9.20. The molecule has 5 nitrogen and oxygen atoms in total. The summed E-state index contributed by atoms with van der Waals surface area (Å²) >= 11 is 0. The first-order valence-corrected chi connectivity index (χ1v) is 6.55. The molecule has 2 rings (SSSR count). The minimum atomic E-state index is -0.390. The summed E-state index contributed by atoms with van der Waals surface area (Å²) in [5.74, 6) is 0. The summed E-state index contributed by atoms with van der Waals surface area (Å²) in [6.45, 7) is 2.49. The van der Waals surface area contributed by atoms with Crippen molar-refractivity contribution in [1.29, 1.82) is 0 Å². The van der Waals surface area contributed by atoms with E-state index in [1.54, 1.807) is 0 Å². The van der Waals surface area contributed by atoms with E-state index in [2.05, 4.69) is 10.6 Å². The van der Waals surface area contributed by atoms with E-state index < -0.39 is 0 Å². The molecule has 0 aliphatic carbocycles. The molecule has 1 aromatic rings. The fraction of sp³-hybridized carbons (Fsp3) is 0.500. The summed E-state index contributed by atoms with van der Waals surface area (Å²) in [4.78, 5) is 11.9. The van der Waals surface area contributed by atoms with Gasteiger partial charge in [0.05, 0.1) is 24.8 Å². The van der Waals surface area contributed by atoms with Crippen molar-refractivity contribution in [1.82, 2.24) is 10.6 Å². The standard InChI is InChI=1S/C14H20N2O3/c1-10-12(7-8-19-10)15-14(18)16-13(9-17)11-5-3-2-4-6-11/h2-6,10,12-13,17H,7-9H2,1H3,(H2,15,16,18)/t10?,12?,13-/m1/s1. The van der Waals surface area contributed by atoms with Crippen molar-refractivity contribution in [3.63, 3.8) is 0 Å². The maximum atomic E-state index is 11.9. The third kappa shape index (κ3) is 3.68. The van der Waals surface area contributed by atoms with Crippen molar-refractivity contribution in [3.05, 3.63) is 35.9 Å². The number of hydrogen-bond donors (Lipinski definition) is 3. The van der Waals surface area contributed by atoms with Gasteiger partial charge in [-0.3, -0.25) is 0 Å². The molecule has 104 valence electrons. The van der Waals surface area contributed by atoms with E-state index in [1.807, 2.05) is 37.3 Å². The van der Waals surface area contributed by atoms with Gasteiger partial charge in [0.2, 0.25) is 0 Å². The number of carbonyl (C=O) groups is 1. The summed E-state index contributed by atoms with van der Waals surface area (Å²) in [5.41, 5.74) is 0.885. The quantitative estimate of drug-likeness (QED) is 0.765. The minimum Gasteiger partial charge on any atom is -0.394 e. The molecule has 1 aliphatic rings. The Bertz CT molecular complexity index is 410. The third-order valence-electron chi connectivity index (χ3n) is 3.38. The molecule has 3 atom stereocenters. The highest BCUT2D eigenvalue weighted by atomic mass is 16.5. The number of amides is 2. The van der Waals surface area contributed by atoms with Gasteiger partial charge < -0.3 is 20.5 Å². The van der Waals surface area contributed by atoms with Gasteiger partial charge in [-0.25, -0.2) is 4.79 Å². The smallest absolute Gasteiger partial charge is 0.315 e. The van der Waals surface area contributed by atoms with E-state index in [1.165, 1.54) is 0 Å². The molecule has 1 aromatic carbocycles. The monoisotopic (exact) mass is 264 g/mol. The zero-order chi connectivity index (χ0) is 13.7. The number of urea groups is 1. The Morgan fingerprint density at radius 3 is 2.79 bits per heavy atom. The molecule has 3 N–H and O–H groups in total. The Morgan fingerprint density at radius 2 is 2.21 bits per heavy atom. The summed E-state index contributed by atoms with van der Waals surface area (Å²) in [7, 11) is 0. The predicted octanol–water partition coefficient (Wildman–Crippen LogP) is 1.20. The predicted molar refractivity (Wildman–Crippen MR) is 71.8 cm³/mol. The lowest BCUT2D eigenvalue weighted by Crippen LogP contribution is -2.46. The van der Waals surface area contributed by atoms with E-state index in [0.717, 1.165) is 12.0 Å². The van der Waals surface area contributed by atoms with E-state index in [0.29, 0.717) is 6.61 Å². The van der Waals surface area contributed by atoms with E-state index >= 15 is 0 Å². The lowest BCUT2D eigenvalue weighted by molar-refractivity contribution is 0.114. The Labute approximate surface area is 113 Å². The molecule has 1 heterocycles. The zero-order valence-corrected chi connectivity index (χ0v) is 11.0. The van der Waals surface area contributed by atoms with Crippen LogP contribution in [-0.2, 0) is 4.74 Å². The number of rotatable bonds is 4. The fourth-order valence-electron chi connectivity index (χ4n) is 2.21. The molecule has 0 saturated carbocycles. The van der Waals surface area contributed by atoms with Crippen molar-refractivity contribution >= 4 is 6.03 Å². The summed E-state index contributed by atoms with van der Waals surface area (Å²) < 4.78 is 5.39. The lowest BCUT2D eigenvalue weighted by Gasteiger charge is -2.20. The number of benzene rings is 1. The summed E-state index contributed by atoms with van der Waals surface area (Å²) in [5, 5.41) is 15.0. The molecule has 5 heteroatoms. The maximum Gasteiger partial charge on any atom is 0.315 e. The molecule has 1 saturated heterocycles. The van der Waals surface area contributed by atoms with Gasteiger partial charge in [-0.05, 0) is 18.9 Å². The Morgan fingerprint density at radius 1 is 1.47 bits per heavy atom. The van der Waals surface area contributed by atoms with Crippen LogP contribution in [0.3, 0.4) is 0 Å². The van der Waals surface area contributed by atoms with Gasteiger partial charge in [-0.15, -0.1) is 0 Å². The Kier molecular flexibility index (Phi) is 4.76. The van der Waals surface area contributed by atoms with Crippen LogP contribution in [0.5, 0.6) is 0 Å². The number of aliphatic hydroxyl groups excluding tert-OH is 1. The molecular weight excluding hydrogens is 244 g/mol. The maximum absolute atomic E-state index is 11.9. The second-order valence-corrected chi connectivity index (χ2v) is 4.73. The first-order valence-electron chi connectivity index (χ1n) is 6.55. The van der Waals surface area contributed by atoms with Gasteiger partial charge >= 0.3 is 6.03 Å². The first kappa shape index (κ1) is 13.8. The highest BCUT2D eigenvalue weighted by Gasteiger charge is 2.26. The number of hydrogen-bond acceptors (Lipinski definition) is 3. The van der Waals surface area contributed by atoms with Crippen molar-refractivity contribution in [2.75, 3.05) is 13.2 Å².